The molecule has 5 rings (SSSR count). The molecule has 0 radical (unpaired) electrons. The largest absolute Gasteiger partial charge is 0.356 e. The number of anilines is 3. The molecule has 1 aromatic carbocycles. The molecule has 7 heteroatoms. The predicted octanol–water partition coefficient (Wildman–Crippen LogP) is 4.99. The third-order valence-electron chi connectivity index (χ3n) is 5.44. The first-order valence-corrected chi connectivity index (χ1v) is 10.5. The lowest BCUT2D eigenvalue weighted by Crippen LogP contribution is -2.13. The van der Waals surface area contributed by atoms with E-state index in [2.05, 4.69) is 25.6 Å². The van der Waals surface area contributed by atoms with E-state index in [1.165, 1.54) is 6.20 Å². The molecule has 0 fully saturated rings. The molecule has 32 heavy (non-hydrogen) atoms. The van der Waals surface area contributed by atoms with Crippen LogP contribution in [0.2, 0.25) is 0 Å². The highest BCUT2D eigenvalue weighted by atomic mass is 16.1. The third kappa shape index (κ3) is 3.88. The quantitative estimate of drug-likeness (QED) is 0.420. The van der Waals surface area contributed by atoms with Crippen LogP contribution < -0.4 is 10.6 Å². The number of fused-ring (bicyclic) bond motifs is 1. The average molecular weight is 423 g/mol. The van der Waals surface area contributed by atoms with Crippen molar-refractivity contribution in [3.05, 3.63) is 90.0 Å². The number of para-hydroxylation sites is 1. The molecule has 1 aliphatic carbocycles. The molecule has 7 nitrogen and oxygen atoms in total. The van der Waals surface area contributed by atoms with Gasteiger partial charge in [-0.1, -0.05) is 18.2 Å². The van der Waals surface area contributed by atoms with Crippen LogP contribution in [0.25, 0.3) is 11.3 Å². The summed E-state index contributed by atoms with van der Waals surface area (Å²) < 4.78 is 0. The van der Waals surface area contributed by atoms with Gasteiger partial charge < -0.3 is 15.6 Å². The van der Waals surface area contributed by atoms with E-state index in [1.807, 2.05) is 36.4 Å². The van der Waals surface area contributed by atoms with E-state index in [4.69, 9.17) is 0 Å². The van der Waals surface area contributed by atoms with Crippen LogP contribution in [0.3, 0.4) is 0 Å². The highest BCUT2D eigenvalue weighted by molar-refractivity contribution is 6.07. The molecule has 0 bridgehead atoms. The number of carbonyl (C=O) groups is 2. The zero-order valence-corrected chi connectivity index (χ0v) is 17.3. The van der Waals surface area contributed by atoms with E-state index in [1.54, 1.807) is 30.6 Å². The maximum Gasteiger partial charge on any atom is 0.258 e. The summed E-state index contributed by atoms with van der Waals surface area (Å²) in [6.45, 7) is 0. The summed E-state index contributed by atoms with van der Waals surface area (Å²) in [5, 5.41) is 6.24. The summed E-state index contributed by atoms with van der Waals surface area (Å²) in [7, 11) is 0. The summed E-state index contributed by atoms with van der Waals surface area (Å²) in [5.74, 6) is 0.263. The summed E-state index contributed by atoms with van der Waals surface area (Å²) >= 11 is 0. The van der Waals surface area contributed by atoms with Crippen molar-refractivity contribution in [1.82, 2.24) is 15.0 Å². The first-order chi connectivity index (χ1) is 15.7. The number of amides is 1. The molecule has 0 saturated heterocycles. The van der Waals surface area contributed by atoms with Crippen molar-refractivity contribution < 1.29 is 9.59 Å². The second-order valence-corrected chi connectivity index (χ2v) is 7.62. The Kier molecular flexibility index (Phi) is 5.21. The maximum atomic E-state index is 12.8. The maximum absolute atomic E-state index is 12.8. The van der Waals surface area contributed by atoms with Gasteiger partial charge >= 0.3 is 0 Å². The summed E-state index contributed by atoms with van der Waals surface area (Å²) in [6.07, 6.45) is 6.95. The van der Waals surface area contributed by atoms with Crippen molar-refractivity contribution in [1.29, 1.82) is 0 Å². The molecule has 3 N–H and O–H groups in total. The van der Waals surface area contributed by atoms with Crippen molar-refractivity contribution in [2.24, 2.45) is 0 Å². The zero-order chi connectivity index (χ0) is 21.9. The van der Waals surface area contributed by atoms with E-state index in [-0.39, 0.29) is 11.7 Å². The lowest BCUT2D eigenvalue weighted by atomic mass is 9.95. The average Bonchev–Trinajstić information content (AvgIpc) is 3.20. The fourth-order valence-corrected chi connectivity index (χ4v) is 3.95. The fourth-order valence-electron chi connectivity index (χ4n) is 3.95. The minimum absolute atomic E-state index is 0.131. The van der Waals surface area contributed by atoms with Gasteiger partial charge in [0.05, 0.1) is 22.5 Å². The molecular weight excluding hydrogens is 402 g/mol. The van der Waals surface area contributed by atoms with Crippen LogP contribution in [0.5, 0.6) is 0 Å². The van der Waals surface area contributed by atoms with Gasteiger partial charge in [0.1, 0.15) is 5.82 Å². The van der Waals surface area contributed by atoms with Crippen molar-refractivity contribution in [3.63, 3.8) is 0 Å². The standard InChI is InChI=1S/C25H21N5O2/c31-20-10-4-9-19-22(20)24(28-18-7-2-1-3-8-18)23(29-19)16-11-13-27-21(14-16)30-25(32)17-6-5-12-26-15-17/h1-3,5-8,11-15,28-29H,4,9-10H2,(H,27,30,32). The van der Waals surface area contributed by atoms with Gasteiger partial charge in [-0.2, -0.15) is 0 Å². The van der Waals surface area contributed by atoms with Crippen molar-refractivity contribution >= 4 is 28.9 Å². The number of benzene rings is 1. The third-order valence-corrected chi connectivity index (χ3v) is 5.44. The minimum Gasteiger partial charge on any atom is -0.356 e. The Bertz CT molecular complexity index is 1280. The van der Waals surface area contributed by atoms with E-state index >= 15 is 0 Å². The molecule has 3 aromatic heterocycles. The van der Waals surface area contributed by atoms with Crippen LogP contribution in [-0.4, -0.2) is 26.6 Å². The monoisotopic (exact) mass is 423 g/mol. The van der Waals surface area contributed by atoms with Gasteiger partial charge in [0.25, 0.3) is 5.91 Å². The predicted molar refractivity (Wildman–Crippen MR) is 123 cm³/mol. The van der Waals surface area contributed by atoms with Gasteiger partial charge in [0.2, 0.25) is 0 Å². The number of aromatic amines is 1. The first kappa shape index (κ1) is 19.7. The molecule has 3 heterocycles. The van der Waals surface area contributed by atoms with E-state index < -0.39 is 0 Å². The van der Waals surface area contributed by atoms with Crippen LogP contribution in [0, 0.1) is 0 Å². The highest BCUT2D eigenvalue weighted by Crippen LogP contribution is 2.39. The lowest BCUT2D eigenvalue weighted by Gasteiger charge is -2.14. The van der Waals surface area contributed by atoms with Crippen LogP contribution in [-0.2, 0) is 6.42 Å². The van der Waals surface area contributed by atoms with Crippen LogP contribution in [0.1, 0.15) is 39.3 Å². The van der Waals surface area contributed by atoms with Crippen LogP contribution in [0.15, 0.2) is 73.2 Å². The van der Waals surface area contributed by atoms with Crippen molar-refractivity contribution in [2.75, 3.05) is 10.6 Å². The molecule has 158 valence electrons. The molecule has 0 atom stereocenters. The number of rotatable bonds is 5. The van der Waals surface area contributed by atoms with Gasteiger partial charge in [0, 0.05) is 42.0 Å². The zero-order valence-electron chi connectivity index (χ0n) is 17.3. The van der Waals surface area contributed by atoms with Crippen molar-refractivity contribution in [2.45, 2.75) is 19.3 Å². The summed E-state index contributed by atoms with van der Waals surface area (Å²) in [5.41, 5.74) is 5.38. The van der Waals surface area contributed by atoms with Gasteiger partial charge in [-0.15, -0.1) is 0 Å². The second-order valence-electron chi connectivity index (χ2n) is 7.62. The smallest absolute Gasteiger partial charge is 0.258 e. The fraction of sp³-hybridized carbons (Fsp3) is 0.120. The lowest BCUT2D eigenvalue weighted by molar-refractivity contribution is 0.0972. The molecule has 0 unspecified atom stereocenters. The topological polar surface area (TPSA) is 99.8 Å². The summed E-state index contributed by atoms with van der Waals surface area (Å²) in [6, 6.07) is 16.8. The molecule has 1 aliphatic rings. The molecule has 4 aromatic rings. The summed E-state index contributed by atoms with van der Waals surface area (Å²) in [4.78, 5) is 37.0. The Morgan fingerprint density at radius 1 is 1.00 bits per heavy atom. The van der Waals surface area contributed by atoms with Gasteiger partial charge in [-0.25, -0.2) is 4.98 Å². The second kappa shape index (κ2) is 8.47. The van der Waals surface area contributed by atoms with Crippen molar-refractivity contribution in [3.8, 4) is 11.3 Å². The number of aromatic nitrogens is 3. The molecule has 0 spiro atoms. The molecule has 0 aliphatic heterocycles. The van der Waals surface area contributed by atoms with E-state index in [0.29, 0.717) is 23.4 Å². The highest BCUT2D eigenvalue weighted by Gasteiger charge is 2.27. The Morgan fingerprint density at radius 2 is 1.88 bits per heavy atom. The number of hydrogen-bond acceptors (Lipinski definition) is 5. The minimum atomic E-state index is -0.286. The number of pyridine rings is 2. The first-order valence-electron chi connectivity index (χ1n) is 10.5. The van der Waals surface area contributed by atoms with Crippen LogP contribution >= 0.6 is 0 Å². The number of nitrogens with one attached hydrogen (secondary N) is 3. The number of H-pyrrole nitrogens is 1. The number of nitrogens with zero attached hydrogens (tertiary/aromatic N) is 2. The molecule has 0 saturated carbocycles. The van der Waals surface area contributed by atoms with E-state index in [9.17, 15) is 9.59 Å². The normalized spacial score (nSPS) is 12.8. The molecular formula is C25H21N5O2. The molecule has 1 amide bonds. The van der Waals surface area contributed by atoms with Gasteiger partial charge in [-0.05, 0) is 49.2 Å². The number of hydrogen-bond donors (Lipinski definition) is 3. The van der Waals surface area contributed by atoms with Crippen LogP contribution in [0.4, 0.5) is 17.2 Å². The Balaban J connectivity index is 1.52. The number of carbonyl (C=O) groups excluding carboxylic acids is 2. The van der Waals surface area contributed by atoms with Gasteiger partial charge in [0.15, 0.2) is 5.78 Å². The Hall–Kier alpha value is -4.26. The number of ketones is 1. The Morgan fingerprint density at radius 3 is 2.69 bits per heavy atom. The van der Waals surface area contributed by atoms with Gasteiger partial charge in [-0.3, -0.25) is 14.6 Å². The Labute approximate surface area is 184 Å². The van der Waals surface area contributed by atoms with E-state index in [0.717, 1.165) is 41.2 Å². The number of aryl methyl sites for hydroxylation is 1. The SMILES string of the molecule is O=C(Nc1cc(-c2[nH]c3c(c2Nc2ccccc2)C(=O)CCC3)ccn1)c1cccnc1. The number of Topliss-reactive ketones (excluding diaryl/α,β-unsaturated/α-hetero) is 1.